The van der Waals surface area contributed by atoms with Crippen LogP contribution in [-0.2, 0) is 0 Å². The molecule has 0 aromatic rings. The predicted octanol–water partition coefficient (Wildman–Crippen LogP) is 1.71. The third-order valence-corrected chi connectivity index (χ3v) is 1.49. The summed E-state index contributed by atoms with van der Waals surface area (Å²) < 4.78 is 0. The first kappa shape index (κ1) is 20.5. The second kappa shape index (κ2) is 10.6. The third kappa shape index (κ3) is 13.1. The van der Waals surface area contributed by atoms with Gasteiger partial charge in [-0.1, -0.05) is 0 Å². The molecular formula is C8H20Cl2N6. The molecule has 96 valence electrons. The number of halogens is 2. The molecule has 0 saturated carbocycles. The molecule has 0 bridgehead atoms. The quantitative estimate of drug-likeness (QED) is 0.333. The molecule has 8 heteroatoms. The minimum atomic E-state index is -0.0816. The van der Waals surface area contributed by atoms with Crippen LogP contribution in [0.25, 0.3) is 0 Å². The first-order chi connectivity index (χ1) is 6.41. The lowest BCUT2D eigenvalue weighted by atomic mass is 10.2. The van der Waals surface area contributed by atoms with Gasteiger partial charge in [0.1, 0.15) is 0 Å². The van der Waals surface area contributed by atoms with E-state index in [0.29, 0.717) is 12.8 Å². The summed E-state index contributed by atoms with van der Waals surface area (Å²) >= 11 is 0. The minimum Gasteiger partial charge on any atom is -0.388 e. The average molecular weight is 271 g/mol. The molecule has 2 atom stereocenters. The molecule has 0 heterocycles. The van der Waals surface area contributed by atoms with Gasteiger partial charge in [-0.15, -0.1) is 24.8 Å². The smallest absolute Gasteiger partial charge is 0.0927 e. The van der Waals surface area contributed by atoms with Gasteiger partial charge in [0, 0.05) is 12.8 Å². The van der Waals surface area contributed by atoms with Gasteiger partial charge in [0.15, 0.2) is 0 Å². The minimum absolute atomic E-state index is 0. The first-order valence-electron chi connectivity index (χ1n) is 4.47. The van der Waals surface area contributed by atoms with Crippen LogP contribution >= 0.6 is 24.8 Å². The van der Waals surface area contributed by atoms with Crippen molar-refractivity contribution in [2.45, 2.75) is 38.8 Å². The van der Waals surface area contributed by atoms with E-state index in [-0.39, 0.29) is 48.6 Å². The van der Waals surface area contributed by atoms with Crippen LogP contribution in [0.1, 0.15) is 26.7 Å². The zero-order valence-electron chi connectivity index (χ0n) is 9.43. The van der Waals surface area contributed by atoms with Crippen molar-refractivity contribution in [3.05, 3.63) is 0 Å². The maximum absolute atomic E-state index is 7.05. The molecule has 0 aromatic heterocycles. The van der Waals surface area contributed by atoms with Gasteiger partial charge in [0.05, 0.1) is 23.8 Å². The molecule has 6 nitrogen and oxygen atoms in total. The van der Waals surface area contributed by atoms with Crippen molar-refractivity contribution in [1.29, 1.82) is 10.8 Å². The van der Waals surface area contributed by atoms with E-state index in [1.54, 1.807) is 0 Å². The number of hydrogen-bond donors (Lipinski definition) is 4. The Morgan fingerprint density at radius 1 is 0.938 bits per heavy atom. The molecule has 0 aromatic carbocycles. The normalized spacial score (nSPS) is 13.4. The van der Waals surface area contributed by atoms with Gasteiger partial charge in [-0.05, 0) is 13.8 Å². The lowest BCUT2D eigenvalue weighted by Gasteiger charge is -2.06. The Kier molecular flexibility index (Phi) is 13.6. The highest BCUT2D eigenvalue weighted by atomic mass is 35.5. The van der Waals surface area contributed by atoms with Crippen LogP contribution in [0.3, 0.4) is 0 Å². The first-order valence-corrected chi connectivity index (χ1v) is 4.47. The van der Waals surface area contributed by atoms with Crippen LogP contribution in [0.4, 0.5) is 0 Å². The molecule has 0 aliphatic heterocycles. The maximum atomic E-state index is 7.05. The molecule has 0 aliphatic carbocycles. The average Bonchev–Trinajstić information content (AvgIpc) is 1.98. The van der Waals surface area contributed by atoms with Crippen molar-refractivity contribution in [2.24, 2.45) is 21.7 Å². The zero-order chi connectivity index (χ0) is 11.1. The molecule has 0 saturated heterocycles. The lowest BCUT2D eigenvalue weighted by Crippen LogP contribution is -2.17. The highest BCUT2D eigenvalue weighted by molar-refractivity contribution is 5.85. The van der Waals surface area contributed by atoms with E-state index >= 15 is 0 Å². The summed E-state index contributed by atoms with van der Waals surface area (Å²) in [5, 5.41) is 22.0. The highest BCUT2D eigenvalue weighted by Gasteiger charge is 2.04. The number of azo groups is 1. The van der Waals surface area contributed by atoms with Crippen LogP contribution < -0.4 is 11.5 Å². The fraction of sp³-hybridized carbons (Fsp3) is 0.750. The van der Waals surface area contributed by atoms with Crippen molar-refractivity contribution in [3.63, 3.8) is 0 Å². The van der Waals surface area contributed by atoms with E-state index in [2.05, 4.69) is 10.2 Å². The summed E-state index contributed by atoms with van der Waals surface area (Å²) in [4.78, 5) is 0. The van der Waals surface area contributed by atoms with Crippen molar-refractivity contribution in [3.8, 4) is 0 Å². The van der Waals surface area contributed by atoms with Gasteiger partial charge in [0.25, 0.3) is 0 Å². The number of nitrogens with two attached hydrogens (primary N) is 2. The fourth-order valence-electron chi connectivity index (χ4n) is 0.946. The van der Waals surface area contributed by atoms with E-state index in [4.69, 9.17) is 22.3 Å². The standard InChI is InChI=1S/C8H18N6.2ClH/c1-5(3-7(9)10)13-14-6(2)4-8(11)12;;/h5-6H,3-4H2,1-2H3,(H3,9,10)(H3,11,12);2*1H. The summed E-state index contributed by atoms with van der Waals surface area (Å²) in [6, 6.07) is -0.163. The van der Waals surface area contributed by atoms with Gasteiger partial charge < -0.3 is 11.5 Å². The van der Waals surface area contributed by atoms with Crippen molar-refractivity contribution < 1.29 is 0 Å². The van der Waals surface area contributed by atoms with Gasteiger partial charge in [-0.3, -0.25) is 10.8 Å². The van der Waals surface area contributed by atoms with Gasteiger partial charge in [-0.25, -0.2) is 0 Å². The van der Waals surface area contributed by atoms with Gasteiger partial charge >= 0.3 is 0 Å². The number of nitrogens with one attached hydrogen (secondary N) is 2. The van der Waals surface area contributed by atoms with Crippen LogP contribution in [0.15, 0.2) is 10.2 Å². The number of hydrogen-bond acceptors (Lipinski definition) is 4. The summed E-state index contributed by atoms with van der Waals surface area (Å²) in [6.07, 6.45) is 0.826. The molecular weight excluding hydrogens is 251 g/mol. The van der Waals surface area contributed by atoms with Crippen LogP contribution in [0.5, 0.6) is 0 Å². The number of amidine groups is 2. The molecule has 0 amide bonds. The van der Waals surface area contributed by atoms with E-state index in [1.807, 2.05) is 13.8 Å². The fourth-order valence-corrected chi connectivity index (χ4v) is 0.946. The zero-order valence-corrected chi connectivity index (χ0v) is 11.1. The van der Waals surface area contributed by atoms with E-state index in [1.165, 1.54) is 0 Å². The molecule has 16 heavy (non-hydrogen) atoms. The van der Waals surface area contributed by atoms with Crippen molar-refractivity contribution >= 4 is 36.5 Å². The summed E-state index contributed by atoms with van der Waals surface area (Å²) in [6.45, 7) is 3.68. The lowest BCUT2D eigenvalue weighted by molar-refractivity contribution is 0.637. The second-order valence-electron chi connectivity index (χ2n) is 3.39. The number of nitrogens with zero attached hydrogens (tertiary/aromatic N) is 2. The van der Waals surface area contributed by atoms with Crippen LogP contribution in [0.2, 0.25) is 0 Å². The third-order valence-electron chi connectivity index (χ3n) is 1.49. The molecule has 6 N–H and O–H groups in total. The van der Waals surface area contributed by atoms with Crippen molar-refractivity contribution in [2.75, 3.05) is 0 Å². The maximum Gasteiger partial charge on any atom is 0.0927 e. The van der Waals surface area contributed by atoms with Crippen LogP contribution in [-0.4, -0.2) is 23.8 Å². The van der Waals surface area contributed by atoms with E-state index in [9.17, 15) is 0 Å². The predicted molar refractivity (Wildman–Crippen MR) is 71.3 cm³/mol. The van der Waals surface area contributed by atoms with E-state index < -0.39 is 0 Å². The Labute approximate surface area is 108 Å². The highest BCUT2D eigenvalue weighted by Crippen LogP contribution is 2.02. The monoisotopic (exact) mass is 270 g/mol. The Bertz CT molecular complexity index is 219. The van der Waals surface area contributed by atoms with Crippen molar-refractivity contribution in [1.82, 2.24) is 0 Å². The Morgan fingerprint density at radius 2 is 1.19 bits per heavy atom. The molecule has 0 radical (unpaired) electrons. The molecule has 0 rings (SSSR count). The Morgan fingerprint density at radius 3 is 1.38 bits per heavy atom. The van der Waals surface area contributed by atoms with Gasteiger partial charge in [0.2, 0.25) is 0 Å². The molecule has 2 unspecified atom stereocenters. The topological polar surface area (TPSA) is 124 Å². The van der Waals surface area contributed by atoms with E-state index in [0.717, 1.165) is 0 Å². The Hall–Kier alpha value is -0.880. The summed E-state index contributed by atoms with van der Waals surface area (Å²) in [5.41, 5.74) is 10.4. The SMILES string of the molecule is CC(CC(=N)N)N=NC(C)CC(=N)N.Cl.Cl. The molecule has 0 spiro atoms. The number of rotatable bonds is 6. The second-order valence-corrected chi connectivity index (χ2v) is 3.39. The summed E-state index contributed by atoms with van der Waals surface area (Å²) in [5.74, 6) is 0.214. The molecule has 0 aliphatic rings. The molecule has 0 fully saturated rings. The summed E-state index contributed by atoms with van der Waals surface area (Å²) in [7, 11) is 0. The van der Waals surface area contributed by atoms with Crippen LogP contribution in [0, 0.1) is 10.8 Å². The largest absolute Gasteiger partial charge is 0.388 e. The van der Waals surface area contributed by atoms with Gasteiger partial charge in [-0.2, -0.15) is 10.2 Å². The Balaban J connectivity index is -0.000000845.